The van der Waals surface area contributed by atoms with E-state index in [1.54, 1.807) is 24.3 Å². The molecule has 1 N–H and O–H groups in total. The van der Waals surface area contributed by atoms with Crippen LogP contribution in [-0.4, -0.2) is 41.8 Å². The van der Waals surface area contributed by atoms with Crippen molar-refractivity contribution in [3.05, 3.63) is 70.8 Å². The van der Waals surface area contributed by atoms with Crippen molar-refractivity contribution in [2.24, 2.45) is 0 Å². The Morgan fingerprint density at radius 3 is 2.31 bits per heavy atom. The Morgan fingerprint density at radius 1 is 1.12 bits per heavy atom. The highest BCUT2D eigenvalue weighted by Crippen LogP contribution is 2.41. The summed E-state index contributed by atoms with van der Waals surface area (Å²) in [6.45, 7) is -0.773. The monoisotopic (exact) mass is 348 g/mol. The number of hydrogen-bond donors (Lipinski definition) is 1. The van der Waals surface area contributed by atoms with Crippen LogP contribution in [0.25, 0.3) is 10.8 Å². The van der Waals surface area contributed by atoms with Gasteiger partial charge in [-0.15, -0.1) is 0 Å². The Kier molecular flexibility index (Phi) is 3.72. The van der Waals surface area contributed by atoms with Gasteiger partial charge in [0.1, 0.15) is 6.61 Å². The number of hydrogen-bond acceptors (Lipinski definition) is 5. The molecule has 5 heteroatoms. The molecule has 2 aliphatic carbocycles. The highest BCUT2D eigenvalue weighted by molar-refractivity contribution is 6.31. The summed E-state index contributed by atoms with van der Waals surface area (Å²) >= 11 is 0. The van der Waals surface area contributed by atoms with E-state index in [4.69, 9.17) is 4.74 Å². The zero-order valence-corrected chi connectivity index (χ0v) is 14.1. The Balaban J connectivity index is 2.00. The maximum atomic E-state index is 13.3. The van der Waals surface area contributed by atoms with Gasteiger partial charge in [0.15, 0.2) is 23.0 Å². The summed E-state index contributed by atoms with van der Waals surface area (Å²) in [6.07, 6.45) is 3.30. The average molecular weight is 348 g/mol. The normalized spacial score (nSPS) is 21.8. The molecule has 1 atom stereocenters. The number of aliphatic hydroxyl groups is 1. The predicted molar refractivity (Wildman–Crippen MR) is 95.2 cm³/mol. The molecule has 1 unspecified atom stereocenters. The summed E-state index contributed by atoms with van der Waals surface area (Å²) in [6, 6.07) is 10.8. The lowest BCUT2D eigenvalue weighted by molar-refractivity contribution is -0.139. The fourth-order valence-corrected chi connectivity index (χ4v) is 3.82. The van der Waals surface area contributed by atoms with Gasteiger partial charge in [-0.25, -0.2) is 0 Å². The third-order valence-electron chi connectivity index (χ3n) is 5.15. The molecule has 5 nitrogen and oxygen atoms in total. The molecule has 0 bridgehead atoms. The first-order chi connectivity index (χ1) is 12.5. The lowest BCUT2D eigenvalue weighted by atomic mass is 9.70. The second-order valence-corrected chi connectivity index (χ2v) is 6.41. The molecule has 2 aliphatic rings. The number of Topliss-reactive ketones (excluding diaryl/α,β-unsaturated/α-hetero) is 3. The molecule has 4 rings (SSSR count). The van der Waals surface area contributed by atoms with Gasteiger partial charge >= 0.3 is 0 Å². The van der Waals surface area contributed by atoms with Gasteiger partial charge in [-0.1, -0.05) is 36.4 Å². The minimum Gasteiger partial charge on any atom is -0.388 e. The number of carbonyl (C=O) groups excluding carboxylic acids is 3. The van der Waals surface area contributed by atoms with Crippen molar-refractivity contribution in [3.8, 4) is 0 Å². The van der Waals surface area contributed by atoms with Gasteiger partial charge in [0, 0.05) is 30.2 Å². The lowest BCUT2D eigenvalue weighted by Crippen LogP contribution is -2.49. The number of carbonyl (C=O) groups is 3. The van der Waals surface area contributed by atoms with Crippen LogP contribution in [0.15, 0.2) is 59.7 Å². The van der Waals surface area contributed by atoms with Crippen LogP contribution < -0.4 is 0 Å². The average Bonchev–Trinajstić information content (AvgIpc) is 2.69. The van der Waals surface area contributed by atoms with Gasteiger partial charge in [0.25, 0.3) is 0 Å². The molecule has 26 heavy (non-hydrogen) atoms. The van der Waals surface area contributed by atoms with Gasteiger partial charge in [-0.05, 0) is 22.9 Å². The van der Waals surface area contributed by atoms with E-state index in [2.05, 4.69) is 0 Å². The van der Waals surface area contributed by atoms with Crippen LogP contribution in [0.1, 0.15) is 27.1 Å². The van der Waals surface area contributed by atoms with Gasteiger partial charge < -0.3 is 9.84 Å². The number of fused-ring (bicyclic) bond motifs is 2. The Bertz CT molecular complexity index is 1040. The van der Waals surface area contributed by atoms with E-state index in [1.165, 1.54) is 7.11 Å². The highest BCUT2D eigenvalue weighted by Gasteiger charge is 2.50. The van der Waals surface area contributed by atoms with E-state index in [0.717, 1.165) is 10.8 Å². The van der Waals surface area contributed by atoms with E-state index in [1.807, 2.05) is 24.3 Å². The van der Waals surface area contributed by atoms with Gasteiger partial charge in [0.05, 0.1) is 5.57 Å². The molecule has 130 valence electrons. The molecule has 0 aliphatic heterocycles. The molecule has 0 radical (unpaired) electrons. The number of ether oxygens (including phenoxy) is 1. The van der Waals surface area contributed by atoms with Crippen LogP contribution in [0, 0.1) is 0 Å². The Hall–Kier alpha value is -2.89. The standard InChI is InChI=1S/C21H16O5/c1-26-21(17(23)11-22)8-4-7-14-18(21)20(25)16-10-13-6-3-2-5-12(13)9-15(16)19(14)24/h2-7,9-10,22H,8,11H2,1H3. The number of aliphatic hydroxyl groups excluding tert-OH is 1. The van der Waals surface area contributed by atoms with E-state index < -0.39 is 23.8 Å². The molecule has 2 aromatic rings. The molecule has 0 spiro atoms. The van der Waals surface area contributed by atoms with Crippen LogP contribution in [0.3, 0.4) is 0 Å². The number of rotatable bonds is 3. The third kappa shape index (κ3) is 2.08. The fraction of sp³-hybridized carbons (Fsp3) is 0.190. The van der Waals surface area contributed by atoms with Crippen LogP contribution in [-0.2, 0) is 9.53 Å². The maximum absolute atomic E-state index is 13.3. The van der Waals surface area contributed by atoms with Crippen LogP contribution in [0.5, 0.6) is 0 Å². The summed E-state index contributed by atoms with van der Waals surface area (Å²) in [7, 11) is 1.31. The smallest absolute Gasteiger partial charge is 0.194 e. The Labute approximate surface area is 149 Å². The fourth-order valence-electron chi connectivity index (χ4n) is 3.82. The molecule has 0 fully saturated rings. The lowest BCUT2D eigenvalue weighted by Gasteiger charge is -2.36. The van der Waals surface area contributed by atoms with Crippen molar-refractivity contribution < 1.29 is 24.2 Å². The molecule has 0 heterocycles. The zero-order valence-electron chi connectivity index (χ0n) is 14.1. The molecule has 0 aromatic heterocycles. The van der Waals surface area contributed by atoms with E-state index in [0.29, 0.717) is 5.56 Å². The summed E-state index contributed by atoms with van der Waals surface area (Å²) in [5.41, 5.74) is -0.869. The highest BCUT2D eigenvalue weighted by atomic mass is 16.5. The quantitative estimate of drug-likeness (QED) is 0.921. The Morgan fingerprint density at radius 2 is 1.73 bits per heavy atom. The minimum absolute atomic E-state index is 0.0225. The first-order valence-electron chi connectivity index (χ1n) is 8.26. The van der Waals surface area contributed by atoms with Crippen LogP contribution >= 0.6 is 0 Å². The molecular weight excluding hydrogens is 332 g/mol. The molecule has 2 aromatic carbocycles. The number of methoxy groups -OCH3 is 1. The topological polar surface area (TPSA) is 80.7 Å². The number of ketones is 3. The van der Waals surface area contributed by atoms with Gasteiger partial charge in [-0.2, -0.15) is 0 Å². The van der Waals surface area contributed by atoms with E-state index in [-0.39, 0.29) is 28.9 Å². The maximum Gasteiger partial charge on any atom is 0.194 e. The number of allylic oxidation sites excluding steroid dienone is 2. The van der Waals surface area contributed by atoms with Gasteiger partial charge in [0.2, 0.25) is 0 Å². The summed E-state index contributed by atoms with van der Waals surface area (Å²) in [5.74, 6) is -1.36. The van der Waals surface area contributed by atoms with Crippen molar-refractivity contribution in [2.75, 3.05) is 13.7 Å². The van der Waals surface area contributed by atoms with Gasteiger partial charge in [-0.3, -0.25) is 14.4 Å². The summed E-state index contributed by atoms with van der Waals surface area (Å²) in [4.78, 5) is 38.8. The largest absolute Gasteiger partial charge is 0.388 e. The second-order valence-electron chi connectivity index (χ2n) is 6.41. The SMILES string of the molecule is COC1(C(=O)CO)CC=CC2=C1C(=O)c1cc3ccccc3cc1C2=O. The van der Waals surface area contributed by atoms with Crippen molar-refractivity contribution >= 4 is 28.1 Å². The number of benzene rings is 2. The van der Waals surface area contributed by atoms with E-state index >= 15 is 0 Å². The molecule has 0 amide bonds. The van der Waals surface area contributed by atoms with Crippen LogP contribution in [0.4, 0.5) is 0 Å². The summed E-state index contributed by atoms with van der Waals surface area (Å²) < 4.78 is 5.43. The minimum atomic E-state index is -1.63. The zero-order chi connectivity index (χ0) is 18.5. The molecule has 0 saturated carbocycles. The summed E-state index contributed by atoms with van der Waals surface area (Å²) in [5, 5.41) is 11.1. The molecular formula is C21H16O5. The van der Waals surface area contributed by atoms with Crippen molar-refractivity contribution in [1.29, 1.82) is 0 Å². The first-order valence-corrected chi connectivity index (χ1v) is 8.26. The van der Waals surface area contributed by atoms with Crippen LogP contribution in [0.2, 0.25) is 0 Å². The van der Waals surface area contributed by atoms with E-state index in [9.17, 15) is 19.5 Å². The van der Waals surface area contributed by atoms with Crippen molar-refractivity contribution in [1.82, 2.24) is 0 Å². The van der Waals surface area contributed by atoms with Crippen molar-refractivity contribution in [2.45, 2.75) is 12.0 Å². The molecule has 0 saturated heterocycles. The van der Waals surface area contributed by atoms with Crippen molar-refractivity contribution in [3.63, 3.8) is 0 Å². The third-order valence-corrected chi connectivity index (χ3v) is 5.15. The predicted octanol–water partition coefficient (Wildman–Crippen LogP) is 2.42. The second kappa shape index (κ2) is 5.83. The first kappa shape index (κ1) is 16.6.